The van der Waals surface area contributed by atoms with E-state index in [0.29, 0.717) is 35.1 Å². The number of nitrogens with zero attached hydrogens (tertiary/aromatic N) is 4. The molecule has 0 unspecified atom stereocenters. The molecular formula is C27H37N5O5SSi. The van der Waals surface area contributed by atoms with E-state index in [1.807, 2.05) is 29.0 Å². The van der Waals surface area contributed by atoms with E-state index in [0.717, 1.165) is 0 Å². The molecule has 4 atom stereocenters. The summed E-state index contributed by atoms with van der Waals surface area (Å²) in [6.45, 7) is 13.6. The third-order valence-corrected chi connectivity index (χ3v) is 12.8. The number of amides is 1. The van der Waals surface area contributed by atoms with Gasteiger partial charge in [-0.1, -0.05) is 59.7 Å². The van der Waals surface area contributed by atoms with Gasteiger partial charge in [-0.05, 0) is 18.4 Å². The van der Waals surface area contributed by atoms with Gasteiger partial charge in [-0.2, -0.15) is 0 Å². The van der Waals surface area contributed by atoms with Gasteiger partial charge in [0.1, 0.15) is 24.6 Å². The van der Waals surface area contributed by atoms with Crippen molar-refractivity contribution in [3.05, 3.63) is 48.5 Å². The molecule has 0 spiro atoms. The zero-order valence-corrected chi connectivity index (χ0v) is 25.3. The smallest absolute Gasteiger partial charge is 0.349 e. The van der Waals surface area contributed by atoms with Gasteiger partial charge in [0.2, 0.25) is 0 Å². The molecule has 2 aromatic heterocycles. The summed E-state index contributed by atoms with van der Waals surface area (Å²) >= 11 is 1.60. The van der Waals surface area contributed by atoms with E-state index in [2.05, 4.69) is 61.8 Å². The minimum atomic E-state index is -2.75. The van der Waals surface area contributed by atoms with Crippen LogP contribution in [0.15, 0.2) is 43.0 Å². The van der Waals surface area contributed by atoms with Gasteiger partial charge in [0, 0.05) is 15.6 Å². The molecule has 0 saturated carbocycles. The lowest BCUT2D eigenvalue weighted by Crippen LogP contribution is -2.65. The van der Waals surface area contributed by atoms with Crippen LogP contribution in [0.5, 0.6) is 0 Å². The first-order valence-corrected chi connectivity index (χ1v) is 16.3. The summed E-state index contributed by atoms with van der Waals surface area (Å²) in [6.07, 6.45) is 3.51. The Kier molecular flexibility index (Phi) is 7.63. The molecular weight excluding hydrogens is 534 g/mol. The average molecular weight is 572 g/mol. The van der Waals surface area contributed by atoms with Crippen molar-refractivity contribution in [3.8, 4) is 0 Å². The van der Waals surface area contributed by atoms with Gasteiger partial charge in [0.05, 0.1) is 18.9 Å². The molecule has 3 aromatic rings. The predicted octanol–water partition coefficient (Wildman–Crippen LogP) is 5.14. The Labute approximate surface area is 234 Å². The van der Waals surface area contributed by atoms with Crippen molar-refractivity contribution in [3.63, 3.8) is 0 Å². The number of thioether (sulfide) groups is 1. The van der Waals surface area contributed by atoms with Crippen LogP contribution in [-0.4, -0.2) is 71.1 Å². The van der Waals surface area contributed by atoms with Gasteiger partial charge < -0.3 is 23.6 Å². The van der Waals surface area contributed by atoms with Crippen molar-refractivity contribution in [2.75, 3.05) is 24.1 Å². The number of carbonyl (C=O) groups excluding carboxylic acids is 1. The highest BCUT2D eigenvalue weighted by atomic mass is 32.2. The predicted molar refractivity (Wildman–Crippen MR) is 153 cm³/mol. The van der Waals surface area contributed by atoms with Gasteiger partial charge in [-0.15, -0.1) is 11.8 Å². The van der Waals surface area contributed by atoms with Crippen LogP contribution in [0.2, 0.25) is 10.1 Å². The highest BCUT2D eigenvalue weighted by Gasteiger charge is 2.65. The maximum absolute atomic E-state index is 12.8. The molecule has 0 radical (unpaired) electrons. The number of aromatic nitrogens is 4. The SMILES string of the molecule is CSCO[C@@H]1[C@@H]2O[Si](C(C)(C)C)(C(C)(C)C)OC[C@H]2O[C@H]1n1cnc2c(NC(=O)c3ccccc3)ncnc21. The molecule has 1 N–H and O–H groups in total. The van der Waals surface area contributed by atoms with E-state index >= 15 is 0 Å². The van der Waals surface area contributed by atoms with Crippen molar-refractivity contribution in [2.24, 2.45) is 0 Å². The fourth-order valence-corrected chi connectivity index (χ4v) is 11.0. The Morgan fingerprint density at radius 2 is 1.85 bits per heavy atom. The Hall–Kier alpha value is -2.35. The molecule has 2 aliphatic rings. The number of fused-ring (bicyclic) bond motifs is 2. The number of carbonyl (C=O) groups is 1. The van der Waals surface area contributed by atoms with Crippen LogP contribution >= 0.6 is 11.8 Å². The first-order chi connectivity index (χ1) is 18.5. The zero-order chi connectivity index (χ0) is 28.0. The number of hydrogen-bond acceptors (Lipinski definition) is 9. The molecule has 1 amide bonds. The van der Waals surface area contributed by atoms with Gasteiger partial charge in [0.15, 0.2) is 23.2 Å². The Morgan fingerprint density at radius 3 is 2.51 bits per heavy atom. The summed E-state index contributed by atoms with van der Waals surface area (Å²) in [4.78, 5) is 26.2. The standard InChI is InChI=1S/C27H37N5O5SSi/c1-26(2,3)39(27(4,5)6)35-13-18-20(37-39)21(34-16-38-7)25(36-18)32-15-30-19-22(28-14-29-23(19)32)31-24(33)17-11-9-8-10-12-17/h8-12,14-15,18,20-21,25H,13,16H2,1-7H3,(H,28,29,31,33)/t18-,20-,21-,25-/m1/s1. The quantitative estimate of drug-likeness (QED) is 0.318. The van der Waals surface area contributed by atoms with Gasteiger partial charge in [-0.3, -0.25) is 9.36 Å². The second-order valence-corrected chi connectivity index (χ2v) is 17.6. The van der Waals surface area contributed by atoms with Crippen LogP contribution < -0.4 is 5.32 Å². The topological polar surface area (TPSA) is 110 Å². The third kappa shape index (κ3) is 5.02. The van der Waals surface area contributed by atoms with Crippen LogP contribution in [-0.2, 0) is 18.3 Å². The molecule has 10 nitrogen and oxygen atoms in total. The van der Waals surface area contributed by atoms with Crippen molar-refractivity contribution >= 4 is 43.2 Å². The van der Waals surface area contributed by atoms with E-state index < -0.39 is 20.9 Å². The number of ether oxygens (including phenoxy) is 2. The van der Waals surface area contributed by atoms with Crippen molar-refractivity contribution in [1.29, 1.82) is 0 Å². The fraction of sp³-hybridized carbons (Fsp3) is 0.556. The molecule has 2 saturated heterocycles. The lowest BCUT2D eigenvalue weighted by Gasteiger charge is -2.53. The van der Waals surface area contributed by atoms with Crippen LogP contribution in [0.1, 0.15) is 58.1 Å². The normalized spacial score (nSPS) is 25.0. The Balaban J connectivity index is 1.48. The van der Waals surface area contributed by atoms with E-state index in [4.69, 9.17) is 18.3 Å². The first-order valence-electron chi connectivity index (χ1n) is 13.1. The maximum Gasteiger partial charge on any atom is 0.349 e. The summed E-state index contributed by atoms with van der Waals surface area (Å²) in [5.74, 6) is 0.541. The number of rotatable bonds is 6. The van der Waals surface area contributed by atoms with Gasteiger partial charge >= 0.3 is 8.56 Å². The lowest BCUT2D eigenvalue weighted by atomic mass is 10.1. The summed E-state index contributed by atoms with van der Waals surface area (Å²) in [6, 6.07) is 8.98. The number of anilines is 1. The minimum Gasteiger partial charge on any atom is -0.391 e. The van der Waals surface area contributed by atoms with Crippen LogP contribution in [0.3, 0.4) is 0 Å². The number of hydrogen-bond donors (Lipinski definition) is 1. The zero-order valence-electron chi connectivity index (χ0n) is 23.5. The molecule has 0 bridgehead atoms. The number of nitrogens with one attached hydrogen (secondary N) is 1. The van der Waals surface area contributed by atoms with Crippen molar-refractivity contribution in [1.82, 2.24) is 19.5 Å². The Morgan fingerprint density at radius 1 is 1.13 bits per heavy atom. The molecule has 2 fully saturated rings. The monoisotopic (exact) mass is 571 g/mol. The highest BCUT2D eigenvalue weighted by Crippen LogP contribution is 2.56. The second kappa shape index (κ2) is 10.6. The molecule has 12 heteroatoms. The molecule has 1 aromatic carbocycles. The van der Waals surface area contributed by atoms with E-state index in [9.17, 15) is 4.79 Å². The van der Waals surface area contributed by atoms with Crippen molar-refractivity contribution in [2.45, 2.75) is 76.2 Å². The molecule has 2 aliphatic heterocycles. The highest BCUT2D eigenvalue weighted by molar-refractivity contribution is 7.98. The molecule has 0 aliphatic carbocycles. The fourth-order valence-electron chi connectivity index (χ4n) is 5.77. The second-order valence-electron chi connectivity index (χ2n) is 12.0. The van der Waals surface area contributed by atoms with Crippen LogP contribution in [0, 0.1) is 0 Å². The molecule has 210 valence electrons. The first kappa shape index (κ1) is 28.2. The molecule has 5 rings (SSSR count). The van der Waals surface area contributed by atoms with Crippen molar-refractivity contribution < 1.29 is 23.1 Å². The number of benzene rings is 1. The summed E-state index contributed by atoms with van der Waals surface area (Å²) < 4.78 is 28.5. The average Bonchev–Trinajstić information content (AvgIpc) is 3.48. The van der Waals surface area contributed by atoms with Crippen LogP contribution in [0.4, 0.5) is 5.82 Å². The molecule has 4 heterocycles. The lowest BCUT2D eigenvalue weighted by molar-refractivity contribution is -0.0797. The summed E-state index contributed by atoms with van der Waals surface area (Å²) in [5.41, 5.74) is 1.53. The largest absolute Gasteiger partial charge is 0.391 e. The van der Waals surface area contributed by atoms with E-state index in [1.54, 1.807) is 30.2 Å². The van der Waals surface area contributed by atoms with Gasteiger partial charge in [-0.25, -0.2) is 15.0 Å². The summed E-state index contributed by atoms with van der Waals surface area (Å²) in [7, 11) is -2.75. The van der Waals surface area contributed by atoms with E-state index in [-0.39, 0.29) is 28.2 Å². The van der Waals surface area contributed by atoms with Crippen LogP contribution in [0.25, 0.3) is 11.2 Å². The van der Waals surface area contributed by atoms with Gasteiger partial charge in [0.25, 0.3) is 5.91 Å². The van der Waals surface area contributed by atoms with E-state index in [1.165, 1.54) is 6.33 Å². The summed E-state index contributed by atoms with van der Waals surface area (Å²) in [5, 5.41) is 2.53. The minimum absolute atomic E-state index is 0.168. The maximum atomic E-state index is 12.8. The Bertz CT molecular complexity index is 1310. The molecule has 39 heavy (non-hydrogen) atoms. The third-order valence-electron chi connectivity index (χ3n) is 7.29. The number of imidazole rings is 1.